The smallest absolute Gasteiger partial charge is 0.164 e. The van der Waals surface area contributed by atoms with E-state index in [1.54, 1.807) is 0 Å². The molecular weight excluding hydrogens is 557 g/mol. The summed E-state index contributed by atoms with van der Waals surface area (Å²) in [5, 5.41) is 4.07. The molecule has 0 amide bonds. The average molecular weight is 583 g/mol. The van der Waals surface area contributed by atoms with Crippen LogP contribution in [0, 0.1) is 0 Å². The van der Waals surface area contributed by atoms with Crippen LogP contribution in [0.3, 0.4) is 0 Å². The van der Waals surface area contributed by atoms with E-state index in [1.807, 2.05) is 72.0 Å². The van der Waals surface area contributed by atoms with Crippen LogP contribution < -0.4 is 0 Å². The molecular formula is C39H26N4S. The highest BCUT2D eigenvalue weighted by Crippen LogP contribution is 2.44. The Balaban J connectivity index is 1.21. The van der Waals surface area contributed by atoms with Gasteiger partial charge in [0.05, 0.1) is 11.0 Å². The van der Waals surface area contributed by atoms with Gasteiger partial charge in [-0.1, -0.05) is 84.9 Å². The van der Waals surface area contributed by atoms with Crippen molar-refractivity contribution in [1.82, 2.24) is 19.5 Å². The van der Waals surface area contributed by atoms with E-state index in [1.165, 1.54) is 42.3 Å². The van der Waals surface area contributed by atoms with Crippen molar-refractivity contribution in [3.05, 3.63) is 138 Å². The van der Waals surface area contributed by atoms with E-state index in [9.17, 15) is 0 Å². The first-order valence-electron chi connectivity index (χ1n) is 14.9. The Morgan fingerprint density at radius 3 is 1.84 bits per heavy atom. The summed E-state index contributed by atoms with van der Waals surface area (Å²) < 4.78 is 3.76. The molecule has 0 unspecified atom stereocenters. The summed E-state index contributed by atoms with van der Waals surface area (Å²) in [6.07, 6.45) is 6.81. The summed E-state index contributed by atoms with van der Waals surface area (Å²) >= 11 is 1.91. The zero-order valence-electron chi connectivity index (χ0n) is 23.8. The van der Waals surface area contributed by atoms with E-state index in [2.05, 4.69) is 77.4 Å². The zero-order chi connectivity index (χ0) is 29.0. The second-order valence-electron chi connectivity index (χ2n) is 11.2. The highest BCUT2D eigenvalue weighted by Gasteiger charge is 2.21. The molecule has 1 aliphatic rings. The molecule has 1 aliphatic carbocycles. The van der Waals surface area contributed by atoms with Gasteiger partial charge in [-0.05, 0) is 66.9 Å². The summed E-state index contributed by atoms with van der Waals surface area (Å²) in [4.78, 5) is 16.1. The molecule has 5 heteroatoms. The molecule has 44 heavy (non-hydrogen) atoms. The Morgan fingerprint density at radius 2 is 1.16 bits per heavy atom. The van der Waals surface area contributed by atoms with Crippen LogP contribution in [0.15, 0.2) is 127 Å². The van der Waals surface area contributed by atoms with Crippen molar-refractivity contribution in [2.45, 2.75) is 12.8 Å². The third-order valence-corrected chi connectivity index (χ3v) is 9.70. The molecule has 0 N–H and O–H groups in total. The fraction of sp³-hybridized carbons (Fsp3) is 0.0513. The summed E-state index contributed by atoms with van der Waals surface area (Å²) in [6, 6.07) is 42.2. The SMILES string of the molecule is C1=Cc2sc3ccc4c(c5ccccc5n4-c4ccc(-c5nc(-c6ccccc6)nc(-c6ccccc6)n5)cc4)c3c2CC1. The lowest BCUT2D eigenvalue weighted by Gasteiger charge is -2.11. The van der Waals surface area contributed by atoms with Crippen LogP contribution >= 0.6 is 11.3 Å². The predicted octanol–water partition coefficient (Wildman–Crippen LogP) is 10.1. The maximum Gasteiger partial charge on any atom is 0.164 e. The molecule has 208 valence electrons. The summed E-state index contributed by atoms with van der Waals surface area (Å²) in [7, 11) is 0. The number of hydrogen-bond acceptors (Lipinski definition) is 4. The van der Waals surface area contributed by atoms with Crippen molar-refractivity contribution in [2.24, 2.45) is 0 Å². The second-order valence-corrected chi connectivity index (χ2v) is 12.2. The number of aryl methyl sites for hydroxylation is 1. The lowest BCUT2D eigenvalue weighted by molar-refractivity contribution is 1.01. The maximum atomic E-state index is 4.93. The van der Waals surface area contributed by atoms with E-state index in [-0.39, 0.29) is 0 Å². The van der Waals surface area contributed by atoms with Gasteiger partial charge in [0.15, 0.2) is 17.5 Å². The summed E-state index contributed by atoms with van der Waals surface area (Å²) in [5.74, 6) is 1.99. The van der Waals surface area contributed by atoms with Gasteiger partial charge in [-0.25, -0.2) is 15.0 Å². The minimum atomic E-state index is 0.658. The molecule has 0 fully saturated rings. The van der Waals surface area contributed by atoms with Crippen molar-refractivity contribution in [3.63, 3.8) is 0 Å². The molecule has 0 saturated carbocycles. The van der Waals surface area contributed by atoms with Gasteiger partial charge in [-0.15, -0.1) is 11.3 Å². The molecule has 0 saturated heterocycles. The number of nitrogens with zero attached hydrogens (tertiary/aromatic N) is 4. The van der Waals surface area contributed by atoms with Gasteiger partial charge in [0, 0.05) is 48.1 Å². The van der Waals surface area contributed by atoms with Gasteiger partial charge in [0.2, 0.25) is 0 Å². The number of aromatic nitrogens is 4. The molecule has 4 nitrogen and oxygen atoms in total. The second kappa shape index (κ2) is 10.1. The average Bonchev–Trinajstić information content (AvgIpc) is 3.64. The molecule has 5 aromatic carbocycles. The first-order valence-corrected chi connectivity index (χ1v) is 15.8. The van der Waals surface area contributed by atoms with Crippen molar-refractivity contribution < 1.29 is 0 Å². The fourth-order valence-corrected chi connectivity index (χ4v) is 7.70. The number of para-hydroxylation sites is 1. The summed E-state index contributed by atoms with van der Waals surface area (Å²) in [5.41, 5.74) is 7.94. The largest absolute Gasteiger partial charge is 0.309 e. The first-order chi connectivity index (χ1) is 21.8. The van der Waals surface area contributed by atoms with Crippen molar-refractivity contribution in [2.75, 3.05) is 0 Å². The third kappa shape index (κ3) is 4.01. The van der Waals surface area contributed by atoms with Gasteiger partial charge in [0.25, 0.3) is 0 Å². The summed E-state index contributed by atoms with van der Waals surface area (Å²) in [6.45, 7) is 0. The predicted molar refractivity (Wildman–Crippen MR) is 183 cm³/mol. The van der Waals surface area contributed by atoms with Gasteiger partial charge in [0.1, 0.15) is 0 Å². The monoisotopic (exact) mass is 582 g/mol. The minimum Gasteiger partial charge on any atom is -0.309 e. The highest BCUT2D eigenvalue weighted by atomic mass is 32.1. The van der Waals surface area contributed by atoms with Crippen LogP contribution in [0.5, 0.6) is 0 Å². The minimum absolute atomic E-state index is 0.658. The molecule has 0 aliphatic heterocycles. The van der Waals surface area contributed by atoms with E-state index in [0.717, 1.165) is 35.2 Å². The van der Waals surface area contributed by atoms with E-state index >= 15 is 0 Å². The molecule has 0 radical (unpaired) electrons. The molecule has 3 heterocycles. The van der Waals surface area contributed by atoms with E-state index < -0.39 is 0 Å². The zero-order valence-corrected chi connectivity index (χ0v) is 24.6. The Hall–Kier alpha value is -5.39. The number of rotatable bonds is 4. The van der Waals surface area contributed by atoms with Crippen LogP contribution in [0.4, 0.5) is 0 Å². The quantitative estimate of drug-likeness (QED) is 0.207. The number of hydrogen-bond donors (Lipinski definition) is 0. The van der Waals surface area contributed by atoms with E-state index in [0.29, 0.717) is 17.5 Å². The Morgan fingerprint density at radius 1 is 0.545 bits per heavy atom. The van der Waals surface area contributed by atoms with Crippen LogP contribution in [0.2, 0.25) is 0 Å². The van der Waals surface area contributed by atoms with Crippen LogP contribution in [0.25, 0.3) is 77.8 Å². The molecule has 3 aromatic heterocycles. The highest BCUT2D eigenvalue weighted by molar-refractivity contribution is 7.20. The number of benzene rings is 5. The van der Waals surface area contributed by atoms with Gasteiger partial charge in [-0.2, -0.15) is 0 Å². The van der Waals surface area contributed by atoms with Gasteiger partial charge >= 0.3 is 0 Å². The van der Waals surface area contributed by atoms with Crippen LogP contribution in [-0.4, -0.2) is 19.5 Å². The van der Waals surface area contributed by atoms with Crippen molar-refractivity contribution in [3.8, 4) is 39.9 Å². The molecule has 0 spiro atoms. The topological polar surface area (TPSA) is 43.6 Å². The maximum absolute atomic E-state index is 4.93. The van der Waals surface area contributed by atoms with Gasteiger partial charge in [-0.3, -0.25) is 0 Å². The first kappa shape index (κ1) is 25.1. The lowest BCUT2D eigenvalue weighted by atomic mass is 9.98. The van der Waals surface area contributed by atoms with Gasteiger partial charge < -0.3 is 4.57 Å². The number of allylic oxidation sites excluding steroid dienone is 1. The Labute approximate surface area is 258 Å². The van der Waals surface area contributed by atoms with E-state index in [4.69, 9.17) is 15.0 Å². The molecule has 8 aromatic rings. The van der Waals surface area contributed by atoms with Crippen molar-refractivity contribution >= 4 is 49.3 Å². The number of fused-ring (bicyclic) bond motifs is 7. The van der Waals surface area contributed by atoms with Crippen LogP contribution in [-0.2, 0) is 6.42 Å². The third-order valence-electron chi connectivity index (χ3n) is 8.53. The Kier molecular flexibility index (Phi) is 5.78. The van der Waals surface area contributed by atoms with Crippen LogP contribution in [0.1, 0.15) is 16.9 Å². The molecule has 0 atom stereocenters. The fourth-order valence-electron chi connectivity index (χ4n) is 6.51. The van der Waals surface area contributed by atoms with Crippen molar-refractivity contribution in [1.29, 1.82) is 0 Å². The standard InChI is InChI=1S/C39H26N4S/c1-3-11-25(12-4-1)37-40-38(26-13-5-2-6-14-26)42-39(41-37)27-19-21-28(22-20-27)43-31-17-9-7-15-29(31)35-32(43)23-24-34-36(35)30-16-8-10-18-33(30)44-34/h1-7,9-15,17-24H,8,16H2. The normalized spacial score (nSPS) is 12.7. The number of thiophene rings is 1. The molecule has 9 rings (SSSR count). The lowest BCUT2D eigenvalue weighted by Crippen LogP contribution is -2.00. The Bertz CT molecular complexity index is 2310. The molecule has 0 bridgehead atoms.